The lowest BCUT2D eigenvalue weighted by molar-refractivity contribution is -0.384. The molecule has 2 N–H and O–H groups in total. The van der Waals surface area contributed by atoms with Crippen molar-refractivity contribution in [2.75, 3.05) is 11.9 Å². The van der Waals surface area contributed by atoms with Gasteiger partial charge in [-0.1, -0.05) is 6.42 Å². The van der Waals surface area contributed by atoms with E-state index >= 15 is 0 Å². The number of non-ortho nitro benzene ring substituents is 1. The minimum absolute atomic E-state index is 0.0462. The van der Waals surface area contributed by atoms with Gasteiger partial charge in [0.05, 0.1) is 16.7 Å². The molecule has 1 heterocycles. The highest BCUT2D eigenvalue weighted by Crippen LogP contribution is 2.27. The second kappa shape index (κ2) is 6.12. The van der Waals surface area contributed by atoms with Gasteiger partial charge in [0, 0.05) is 16.6 Å². The fraction of sp³-hybridized carbons (Fsp3) is 0.417. The molecular formula is C12H14BrN3O3. The monoisotopic (exact) mass is 327 g/mol. The van der Waals surface area contributed by atoms with Crippen molar-refractivity contribution in [3.05, 3.63) is 32.8 Å². The number of benzene rings is 1. The van der Waals surface area contributed by atoms with Crippen LogP contribution in [0.5, 0.6) is 0 Å². The summed E-state index contributed by atoms with van der Waals surface area (Å²) in [5, 5.41) is 16.6. The Morgan fingerprint density at radius 2 is 2.26 bits per heavy atom. The molecule has 1 aromatic rings. The predicted molar refractivity (Wildman–Crippen MR) is 75.1 cm³/mol. The van der Waals surface area contributed by atoms with Crippen LogP contribution in [0.25, 0.3) is 0 Å². The van der Waals surface area contributed by atoms with Gasteiger partial charge in [0.1, 0.15) is 0 Å². The zero-order valence-corrected chi connectivity index (χ0v) is 11.8. The third-order valence-corrected chi connectivity index (χ3v) is 3.74. The van der Waals surface area contributed by atoms with E-state index in [0.717, 1.165) is 25.8 Å². The number of hydrogen-bond acceptors (Lipinski definition) is 4. The molecule has 1 aliphatic heterocycles. The molecule has 0 radical (unpaired) electrons. The molecular weight excluding hydrogens is 314 g/mol. The van der Waals surface area contributed by atoms with Crippen LogP contribution in [0.1, 0.15) is 19.3 Å². The zero-order valence-electron chi connectivity index (χ0n) is 10.2. The number of halogens is 1. The first-order valence-electron chi connectivity index (χ1n) is 6.06. The topological polar surface area (TPSA) is 84.3 Å². The summed E-state index contributed by atoms with van der Waals surface area (Å²) in [4.78, 5) is 22.3. The lowest BCUT2D eigenvalue weighted by Gasteiger charge is -2.22. The van der Waals surface area contributed by atoms with Crippen LogP contribution in [0.2, 0.25) is 0 Å². The maximum absolute atomic E-state index is 12.0. The highest BCUT2D eigenvalue weighted by atomic mass is 79.9. The normalized spacial score (nSPS) is 18.9. The van der Waals surface area contributed by atoms with Crippen LogP contribution in [0.3, 0.4) is 0 Å². The molecule has 1 aromatic carbocycles. The number of piperidine rings is 1. The van der Waals surface area contributed by atoms with Crippen molar-refractivity contribution >= 4 is 33.2 Å². The Morgan fingerprint density at radius 3 is 2.89 bits per heavy atom. The molecule has 7 heteroatoms. The fourth-order valence-electron chi connectivity index (χ4n) is 2.02. The fourth-order valence-corrected chi connectivity index (χ4v) is 2.36. The van der Waals surface area contributed by atoms with Gasteiger partial charge in [-0.25, -0.2) is 0 Å². The molecule has 19 heavy (non-hydrogen) atoms. The molecule has 1 fully saturated rings. The van der Waals surface area contributed by atoms with Gasteiger partial charge < -0.3 is 10.6 Å². The standard InChI is InChI=1S/C12H14BrN3O3/c13-9-5-4-8(16(18)19)7-11(9)15-12(17)10-3-1-2-6-14-10/h4-5,7,10,14H,1-3,6H2,(H,15,17)/t10-/m1/s1. The molecule has 0 aromatic heterocycles. The minimum Gasteiger partial charge on any atom is -0.323 e. The van der Waals surface area contributed by atoms with Crippen molar-refractivity contribution in [3.8, 4) is 0 Å². The van der Waals surface area contributed by atoms with E-state index in [0.29, 0.717) is 10.2 Å². The molecule has 0 unspecified atom stereocenters. The zero-order chi connectivity index (χ0) is 13.8. The number of carbonyl (C=O) groups excluding carboxylic acids is 1. The van der Waals surface area contributed by atoms with Crippen LogP contribution >= 0.6 is 15.9 Å². The second-order valence-corrected chi connectivity index (χ2v) is 5.27. The molecule has 1 aliphatic rings. The van der Waals surface area contributed by atoms with Gasteiger partial charge in [-0.15, -0.1) is 0 Å². The van der Waals surface area contributed by atoms with Gasteiger partial charge in [0.15, 0.2) is 0 Å². The van der Waals surface area contributed by atoms with Gasteiger partial charge in [-0.2, -0.15) is 0 Å². The highest BCUT2D eigenvalue weighted by Gasteiger charge is 2.21. The van der Waals surface area contributed by atoms with E-state index in [1.165, 1.54) is 12.1 Å². The number of nitro groups is 1. The Morgan fingerprint density at radius 1 is 1.47 bits per heavy atom. The van der Waals surface area contributed by atoms with Crippen LogP contribution < -0.4 is 10.6 Å². The number of amides is 1. The molecule has 0 saturated carbocycles. The molecule has 1 atom stereocenters. The second-order valence-electron chi connectivity index (χ2n) is 4.41. The summed E-state index contributed by atoms with van der Waals surface area (Å²) >= 11 is 3.27. The quantitative estimate of drug-likeness (QED) is 0.659. The van der Waals surface area contributed by atoms with Crippen LogP contribution in [-0.4, -0.2) is 23.4 Å². The van der Waals surface area contributed by atoms with Gasteiger partial charge in [0.25, 0.3) is 5.69 Å². The maximum atomic E-state index is 12.0. The van der Waals surface area contributed by atoms with E-state index in [9.17, 15) is 14.9 Å². The Bertz CT molecular complexity index is 501. The van der Waals surface area contributed by atoms with Crippen LogP contribution in [0.15, 0.2) is 22.7 Å². The van der Waals surface area contributed by atoms with E-state index < -0.39 is 4.92 Å². The van der Waals surface area contributed by atoms with Crippen molar-refractivity contribution in [2.24, 2.45) is 0 Å². The Hall–Kier alpha value is -1.47. The number of nitrogens with zero attached hydrogens (tertiary/aromatic N) is 1. The summed E-state index contributed by atoms with van der Waals surface area (Å²) in [5.41, 5.74) is 0.377. The largest absolute Gasteiger partial charge is 0.323 e. The Kier molecular flexibility index (Phi) is 4.49. The number of nitro benzene ring substituents is 1. The average Bonchev–Trinajstić information content (AvgIpc) is 2.42. The van der Waals surface area contributed by atoms with E-state index in [1.54, 1.807) is 6.07 Å². The molecule has 1 saturated heterocycles. The van der Waals surface area contributed by atoms with Crippen molar-refractivity contribution in [1.82, 2.24) is 5.32 Å². The van der Waals surface area contributed by atoms with Gasteiger partial charge in [-0.3, -0.25) is 14.9 Å². The van der Waals surface area contributed by atoms with Gasteiger partial charge >= 0.3 is 0 Å². The molecule has 0 bridgehead atoms. The van der Waals surface area contributed by atoms with E-state index in [4.69, 9.17) is 0 Å². The molecule has 0 aliphatic carbocycles. The molecule has 6 nitrogen and oxygen atoms in total. The predicted octanol–water partition coefficient (Wildman–Crippen LogP) is 2.44. The number of carbonyl (C=O) groups is 1. The van der Waals surface area contributed by atoms with Gasteiger partial charge in [0.2, 0.25) is 5.91 Å². The molecule has 1 amide bonds. The van der Waals surface area contributed by atoms with Gasteiger partial charge in [-0.05, 0) is 41.4 Å². The van der Waals surface area contributed by atoms with Crippen molar-refractivity contribution in [3.63, 3.8) is 0 Å². The summed E-state index contributed by atoms with van der Waals surface area (Å²) in [7, 11) is 0. The van der Waals surface area contributed by atoms with E-state index in [2.05, 4.69) is 26.6 Å². The lowest BCUT2D eigenvalue weighted by Crippen LogP contribution is -2.43. The Balaban J connectivity index is 2.11. The first-order chi connectivity index (χ1) is 9.08. The van der Waals surface area contributed by atoms with Crippen LogP contribution in [-0.2, 0) is 4.79 Å². The SMILES string of the molecule is O=C(Nc1cc([N+](=O)[O-])ccc1Br)[C@H]1CCCCN1. The van der Waals surface area contributed by atoms with Crippen molar-refractivity contribution < 1.29 is 9.72 Å². The summed E-state index contributed by atoms with van der Waals surface area (Å²) in [5.74, 6) is -0.152. The minimum atomic E-state index is -0.485. The highest BCUT2D eigenvalue weighted by molar-refractivity contribution is 9.10. The third kappa shape index (κ3) is 3.51. The average molecular weight is 328 g/mol. The van der Waals surface area contributed by atoms with Crippen molar-refractivity contribution in [1.29, 1.82) is 0 Å². The van der Waals surface area contributed by atoms with Crippen LogP contribution in [0.4, 0.5) is 11.4 Å². The van der Waals surface area contributed by atoms with E-state index in [-0.39, 0.29) is 17.6 Å². The van der Waals surface area contributed by atoms with Crippen LogP contribution in [0, 0.1) is 10.1 Å². The third-order valence-electron chi connectivity index (χ3n) is 3.05. The number of anilines is 1. The molecule has 0 spiro atoms. The summed E-state index contributed by atoms with van der Waals surface area (Å²) < 4.78 is 0.627. The number of hydrogen-bond donors (Lipinski definition) is 2. The maximum Gasteiger partial charge on any atom is 0.271 e. The first kappa shape index (κ1) is 14.0. The lowest BCUT2D eigenvalue weighted by atomic mass is 10.0. The van der Waals surface area contributed by atoms with E-state index in [1.807, 2.05) is 0 Å². The summed E-state index contributed by atoms with van der Waals surface area (Å²) in [6.45, 7) is 0.828. The smallest absolute Gasteiger partial charge is 0.271 e. The summed E-state index contributed by atoms with van der Waals surface area (Å²) in [6, 6.07) is 4.07. The molecule has 2 rings (SSSR count). The van der Waals surface area contributed by atoms with Crippen molar-refractivity contribution in [2.45, 2.75) is 25.3 Å². The summed E-state index contributed by atoms with van der Waals surface area (Å²) in [6.07, 6.45) is 2.88. The Labute approximate surface area is 118 Å². The first-order valence-corrected chi connectivity index (χ1v) is 6.85. The number of rotatable bonds is 3. The number of nitrogens with one attached hydrogen (secondary N) is 2. The molecule has 102 valence electrons.